The Kier molecular flexibility index (Phi) is 3.58. The standard InChI is InChI=1S/C16H16N2S/c17-10-9-12-5-2-4-8-15(12)19-16-11-13-6-1-3-7-14(13)18-16/h1-8,11,18H,9-10,17H2. The largest absolute Gasteiger partial charge is 0.349 e. The van der Waals surface area contributed by atoms with Gasteiger partial charge in [-0.25, -0.2) is 0 Å². The van der Waals surface area contributed by atoms with E-state index in [4.69, 9.17) is 5.73 Å². The topological polar surface area (TPSA) is 41.8 Å². The molecule has 0 fully saturated rings. The molecular weight excluding hydrogens is 252 g/mol. The minimum atomic E-state index is 0.685. The van der Waals surface area contributed by atoms with Gasteiger partial charge in [0.2, 0.25) is 0 Å². The van der Waals surface area contributed by atoms with Gasteiger partial charge in [-0.15, -0.1) is 0 Å². The zero-order valence-electron chi connectivity index (χ0n) is 10.6. The average molecular weight is 268 g/mol. The molecule has 0 aliphatic rings. The summed E-state index contributed by atoms with van der Waals surface area (Å²) >= 11 is 1.77. The summed E-state index contributed by atoms with van der Waals surface area (Å²) in [6.45, 7) is 0.685. The first-order valence-electron chi connectivity index (χ1n) is 6.40. The number of benzene rings is 2. The Bertz CT molecular complexity index is 655. The van der Waals surface area contributed by atoms with Crippen LogP contribution in [0.15, 0.2) is 64.5 Å². The minimum absolute atomic E-state index is 0.685. The van der Waals surface area contributed by atoms with Crippen LogP contribution >= 0.6 is 11.8 Å². The number of nitrogens with one attached hydrogen (secondary N) is 1. The number of rotatable bonds is 4. The third kappa shape index (κ3) is 2.67. The zero-order valence-corrected chi connectivity index (χ0v) is 11.4. The summed E-state index contributed by atoms with van der Waals surface area (Å²) in [5.41, 5.74) is 8.16. The summed E-state index contributed by atoms with van der Waals surface area (Å²) in [6.07, 6.45) is 0.920. The van der Waals surface area contributed by atoms with Crippen LogP contribution in [0.4, 0.5) is 0 Å². The van der Waals surface area contributed by atoms with E-state index in [2.05, 4.69) is 59.6 Å². The first kappa shape index (κ1) is 12.3. The number of para-hydroxylation sites is 1. The van der Waals surface area contributed by atoms with Gasteiger partial charge in [-0.1, -0.05) is 48.2 Å². The smallest absolute Gasteiger partial charge is 0.0780 e. The molecule has 0 saturated carbocycles. The van der Waals surface area contributed by atoms with Crippen LogP contribution in [-0.4, -0.2) is 11.5 Å². The number of nitrogens with two attached hydrogens (primary N) is 1. The Balaban J connectivity index is 1.92. The van der Waals surface area contributed by atoms with Gasteiger partial charge in [-0.2, -0.15) is 0 Å². The van der Waals surface area contributed by atoms with Gasteiger partial charge < -0.3 is 10.7 Å². The summed E-state index contributed by atoms with van der Waals surface area (Å²) in [7, 11) is 0. The van der Waals surface area contributed by atoms with Gasteiger partial charge in [0.15, 0.2) is 0 Å². The second-order valence-corrected chi connectivity index (χ2v) is 5.55. The van der Waals surface area contributed by atoms with E-state index in [9.17, 15) is 0 Å². The number of H-pyrrole nitrogens is 1. The molecule has 1 aromatic heterocycles. The molecule has 0 aliphatic heterocycles. The van der Waals surface area contributed by atoms with Crippen LogP contribution in [-0.2, 0) is 6.42 Å². The van der Waals surface area contributed by atoms with Crippen molar-refractivity contribution in [3.63, 3.8) is 0 Å². The van der Waals surface area contributed by atoms with Crippen molar-refractivity contribution >= 4 is 22.7 Å². The third-order valence-corrected chi connectivity index (χ3v) is 4.17. The Labute approximate surface area is 117 Å². The second-order valence-electron chi connectivity index (χ2n) is 4.47. The zero-order chi connectivity index (χ0) is 13.1. The molecule has 0 unspecified atom stereocenters. The Morgan fingerprint density at radius 1 is 1.00 bits per heavy atom. The van der Waals surface area contributed by atoms with E-state index in [-0.39, 0.29) is 0 Å². The maximum Gasteiger partial charge on any atom is 0.0780 e. The van der Waals surface area contributed by atoms with E-state index in [0.29, 0.717) is 6.54 Å². The number of hydrogen-bond acceptors (Lipinski definition) is 2. The van der Waals surface area contributed by atoms with Crippen LogP contribution in [0.2, 0.25) is 0 Å². The van der Waals surface area contributed by atoms with Crippen molar-refractivity contribution in [1.82, 2.24) is 4.98 Å². The number of hydrogen-bond donors (Lipinski definition) is 2. The van der Waals surface area contributed by atoms with Crippen molar-refractivity contribution in [1.29, 1.82) is 0 Å². The molecule has 3 rings (SSSR count). The molecular formula is C16H16N2S. The number of fused-ring (bicyclic) bond motifs is 1. The van der Waals surface area contributed by atoms with E-state index in [1.165, 1.54) is 26.4 Å². The Morgan fingerprint density at radius 2 is 1.79 bits per heavy atom. The Morgan fingerprint density at radius 3 is 2.63 bits per heavy atom. The maximum atomic E-state index is 5.67. The van der Waals surface area contributed by atoms with Gasteiger partial charge in [0.25, 0.3) is 0 Å². The van der Waals surface area contributed by atoms with Crippen LogP contribution < -0.4 is 5.73 Å². The molecule has 0 saturated heterocycles. The summed E-state index contributed by atoms with van der Waals surface area (Å²) in [6, 6.07) is 19.0. The molecule has 0 aliphatic carbocycles. The highest BCUT2D eigenvalue weighted by Gasteiger charge is 2.05. The molecule has 2 aromatic carbocycles. The predicted molar refractivity (Wildman–Crippen MR) is 81.6 cm³/mol. The summed E-state index contributed by atoms with van der Waals surface area (Å²) in [4.78, 5) is 4.72. The van der Waals surface area contributed by atoms with Crippen molar-refractivity contribution < 1.29 is 0 Å². The highest BCUT2D eigenvalue weighted by molar-refractivity contribution is 7.99. The predicted octanol–water partition coefficient (Wildman–Crippen LogP) is 3.82. The normalized spacial score (nSPS) is 11.0. The van der Waals surface area contributed by atoms with Crippen molar-refractivity contribution in [2.24, 2.45) is 5.73 Å². The van der Waals surface area contributed by atoms with Crippen LogP contribution in [0.5, 0.6) is 0 Å². The fourth-order valence-electron chi connectivity index (χ4n) is 2.19. The van der Waals surface area contributed by atoms with Gasteiger partial charge in [-0.3, -0.25) is 0 Å². The van der Waals surface area contributed by atoms with E-state index in [1.807, 2.05) is 0 Å². The molecule has 19 heavy (non-hydrogen) atoms. The lowest BCUT2D eigenvalue weighted by molar-refractivity contribution is 0.944. The third-order valence-electron chi connectivity index (χ3n) is 3.11. The van der Waals surface area contributed by atoms with E-state index in [1.54, 1.807) is 11.8 Å². The van der Waals surface area contributed by atoms with Crippen molar-refractivity contribution in [3.05, 3.63) is 60.2 Å². The summed E-state index contributed by atoms with van der Waals surface area (Å²) in [5, 5.41) is 2.42. The van der Waals surface area contributed by atoms with Gasteiger partial charge in [0, 0.05) is 15.8 Å². The number of aromatic amines is 1. The van der Waals surface area contributed by atoms with Gasteiger partial charge in [0.05, 0.1) is 5.03 Å². The van der Waals surface area contributed by atoms with Crippen LogP contribution in [0.1, 0.15) is 5.56 Å². The monoisotopic (exact) mass is 268 g/mol. The van der Waals surface area contributed by atoms with Crippen molar-refractivity contribution in [3.8, 4) is 0 Å². The highest BCUT2D eigenvalue weighted by Crippen LogP contribution is 2.32. The Hall–Kier alpha value is -1.71. The lowest BCUT2D eigenvalue weighted by Gasteiger charge is -2.06. The number of aromatic nitrogens is 1. The van der Waals surface area contributed by atoms with Crippen LogP contribution in [0, 0.1) is 0 Å². The molecule has 0 bridgehead atoms. The van der Waals surface area contributed by atoms with Crippen LogP contribution in [0.25, 0.3) is 10.9 Å². The maximum absolute atomic E-state index is 5.67. The van der Waals surface area contributed by atoms with E-state index < -0.39 is 0 Å². The van der Waals surface area contributed by atoms with Gasteiger partial charge >= 0.3 is 0 Å². The molecule has 0 spiro atoms. The lowest BCUT2D eigenvalue weighted by Crippen LogP contribution is -2.03. The fourth-order valence-corrected chi connectivity index (χ4v) is 3.22. The average Bonchev–Trinajstić information content (AvgIpc) is 2.83. The molecule has 96 valence electrons. The minimum Gasteiger partial charge on any atom is -0.349 e. The summed E-state index contributed by atoms with van der Waals surface area (Å²) < 4.78 is 0. The quantitative estimate of drug-likeness (QED) is 0.755. The molecule has 0 atom stereocenters. The lowest BCUT2D eigenvalue weighted by atomic mass is 10.1. The second kappa shape index (κ2) is 5.51. The van der Waals surface area contributed by atoms with Crippen molar-refractivity contribution in [2.75, 3.05) is 6.54 Å². The van der Waals surface area contributed by atoms with E-state index >= 15 is 0 Å². The molecule has 2 nitrogen and oxygen atoms in total. The molecule has 0 radical (unpaired) electrons. The SMILES string of the molecule is NCCc1ccccc1Sc1cc2ccccc2[nH]1. The molecule has 3 N–H and O–H groups in total. The highest BCUT2D eigenvalue weighted by atomic mass is 32.2. The van der Waals surface area contributed by atoms with Gasteiger partial charge in [-0.05, 0) is 36.7 Å². The summed E-state index contributed by atoms with van der Waals surface area (Å²) in [5.74, 6) is 0. The molecule has 1 heterocycles. The molecule has 0 amide bonds. The first-order valence-corrected chi connectivity index (χ1v) is 7.22. The van der Waals surface area contributed by atoms with Gasteiger partial charge in [0.1, 0.15) is 0 Å². The van der Waals surface area contributed by atoms with Crippen LogP contribution in [0.3, 0.4) is 0 Å². The fraction of sp³-hybridized carbons (Fsp3) is 0.125. The molecule has 3 heteroatoms. The molecule has 3 aromatic rings. The van der Waals surface area contributed by atoms with E-state index in [0.717, 1.165) is 6.42 Å². The first-order chi connectivity index (χ1) is 9.36. The van der Waals surface area contributed by atoms with Crippen molar-refractivity contribution in [2.45, 2.75) is 16.3 Å².